The minimum Gasteiger partial charge on any atom is -0.505 e. The summed E-state index contributed by atoms with van der Waals surface area (Å²) >= 11 is 0. The largest absolute Gasteiger partial charge is 0.505 e. The smallest absolute Gasteiger partial charge is 0.209 e. The Bertz CT molecular complexity index is 923. The number of aliphatic hydroxyl groups excluding tert-OH is 1. The lowest BCUT2D eigenvalue weighted by Gasteiger charge is -2.18. The number of carbonyl (C=O) groups is 1. The van der Waals surface area contributed by atoms with E-state index in [1.807, 2.05) is 6.92 Å². The van der Waals surface area contributed by atoms with E-state index in [0.29, 0.717) is 40.5 Å². The Morgan fingerprint density at radius 1 is 1.00 bits per heavy atom. The van der Waals surface area contributed by atoms with Crippen molar-refractivity contribution in [1.29, 1.82) is 0 Å². The first kappa shape index (κ1) is 17.3. The number of benzene rings is 2. The summed E-state index contributed by atoms with van der Waals surface area (Å²) in [6, 6.07) is 14.0. The highest BCUT2D eigenvalue weighted by Crippen LogP contribution is 2.25. The molecular formula is C20H20N4O2. The van der Waals surface area contributed by atoms with E-state index >= 15 is 0 Å². The number of rotatable bonds is 4. The lowest BCUT2D eigenvalue weighted by Crippen LogP contribution is -2.23. The third kappa shape index (κ3) is 3.59. The average molecular weight is 348 g/mol. The molecule has 0 amide bonds. The van der Waals surface area contributed by atoms with E-state index < -0.39 is 0 Å². The highest BCUT2D eigenvalue weighted by molar-refractivity contribution is 6.24. The molecule has 0 aromatic heterocycles. The Morgan fingerprint density at radius 2 is 1.58 bits per heavy atom. The van der Waals surface area contributed by atoms with Crippen molar-refractivity contribution >= 4 is 34.2 Å². The van der Waals surface area contributed by atoms with Gasteiger partial charge in [0.05, 0.1) is 11.4 Å². The third-order valence-electron chi connectivity index (χ3n) is 4.01. The summed E-state index contributed by atoms with van der Waals surface area (Å²) in [5.74, 6) is -0.352. The molecule has 0 unspecified atom stereocenters. The molecule has 1 aliphatic carbocycles. The number of nitrogens with one attached hydrogen (secondary N) is 1. The van der Waals surface area contributed by atoms with Gasteiger partial charge in [0.15, 0.2) is 0 Å². The van der Waals surface area contributed by atoms with Gasteiger partial charge in [0.25, 0.3) is 0 Å². The van der Waals surface area contributed by atoms with E-state index in [9.17, 15) is 9.90 Å². The van der Waals surface area contributed by atoms with Gasteiger partial charge in [0.1, 0.15) is 11.5 Å². The van der Waals surface area contributed by atoms with Gasteiger partial charge < -0.3 is 21.9 Å². The van der Waals surface area contributed by atoms with Crippen LogP contribution in [0.25, 0.3) is 0 Å². The van der Waals surface area contributed by atoms with Crippen molar-refractivity contribution in [3.63, 3.8) is 0 Å². The van der Waals surface area contributed by atoms with Gasteiger partial charge in [0, 0.05) is 22.6 Å². The molecule has 3 rings (SSSR count). The molecule has 2 aromatic carbocycles. The molecule has 6 nitrogen and oxygen atoms in total. The SMILES string of the molecule is CCC1=C(O)C(=Nc2ccc(N)cc2)C=C(Nc2ccc(N)cc2)C1=O. The van der Waals surface area contributed by atoms with Gasteiger partial charge in [-0.3, -0.25) is 4.79 Å². The zero-order chi connectivity index (χ0) is 18.7. The van der Waals surface area contributed by atoms with Crippen molar-refractivity contribution in [2.75, 3.05) is 16.8 Å². The molecule has 6 heteroatoms. The number of nitrogen functional groups attached to an aromatic ring is 2. The maximum Gasteiger partial charge on any atom is 0.209 e. The maximum absolute atomic E-state index is 12.6. The van der Waals surface area contributed by atoms with E-state index in [1.165, 1.54) is 0 Å². The first-order valence-corrected chi connectivity index (χ1v) is 8.23. The Balaban J connectivity index is 1.99. The Kier molecular flexibility index (Phi) is 4.75. The fourth-order valence-electron chi connectivity index (χ4n) is 2.61. The fraction of sp³-hybridized carbons (Fsp3) is 0.100. The summed E-state index contributed by atoms with van der Waals surface area (Å²) in [4.78, 5) is 17.1. The number of hydrogen-bond acceptors (Lipinski definition) is 6. The monoisotopic (exact) mass is 348 g/mol. The number of Topliss-reactive ketones (excluding diaryl/α,β-unsaturated/α-hetero) is 1. The lowest BCUT2D eigenvalue weighted by molar-refractivity contribution is -0.112. The highest BCUT2D eigenvalue weighted by Gasteiger charge is 2.26. The van der Waals surface area contributed by atoms with Gasteiger partial charge >= 0.3 is 0 Å². The zero-order valence-corrected chi connectivity index (χ0v) is 14.4. The van der Waals surface area contributed by atoms with Crippen LogP contribution in [0.15, 0.2) is 76.6 Å². The molecule has 6 N–H and O–H groups in total. The first-order chi connectivity index (χ1) is 12.5. The summed E-state index contributed by atoms with van der Waals surface area (Å²) in [6.45, 7) is 1.82. The molecule has 0 aliphatic heterocycles. The molecule has 0 fully saturated rings. The van der Waals surface area contributed by atoms with Gasteiger partial charge in [-0.15, -0.1) is 0 Å². The summed E-state index contributed by atoms with van der Waals surface area (Å²) < 4.78 is 0. The minimum absolute atomic E-state index is 0.0998. The zero-order valence-electron chi connectivity index (χ0n) is 14.4. The van der Waals surface area contributed by atoms with Crippen LogP contribution < -0.4 is 16.8 Å². The number of ketones is 1. The van der Waals surface area contributed by atoms with Gasteiger partial charge in [0.2, 0.25) is 5.78 Å². The molecule has 26 heavy (non-hydrogen) atoms. The van der Waals surface area contributed by atoms with Crippen molar-refractivity contribution in [2.24, 2.45) is 4.99 Å². The molecule has 0 saturated heterocycles. The quantitative estimate of drug-likeness (QED) is 0.497. The molecule has 132 valence electrons. The molecule has 0 spiro atoms. The first-order valence-electron chi connectivity index (χ1n) is 8.23. The molecule has 0 atom stereocenters. The Labute approximate surface area is 151 Å². The molecule has 1 aliphatic rings. The lowest BCUT2D eigenvalue weighted by atomic mass is 9.96. The number of hydrogen-bond donors (Lipinski definition) is 4. The van der Waals surface area contributed by atoms with Gasteiger partial charge in [-0.25, -0.2) is 4.99 Å². The molecule has 0 radical (unpaired) electrons. The molecule has 2 aromatic rings. The van der Waals surface area contributed by atoms with Crippen LogP contribution in [-0.4, -0.2) is 16.6 Å². The summed E-state index contributed by atoms with van der Waals surface area (Å²) in [5, 5.41) is 13.5. The van der Waals surface area contributed by atoms with Gasteiger partial charge in [-0.2, -0.15) is 0 Å². The van der Waals surface area contributed by atoms with Crippen LogP contribution in [0.4, 0.5) is 22.7 Å². The topological polar surface area (TPSA) is 114 Å². The molecule has 0 heterocycles. The number of carbonyl (C=O) groups excluding carboxylic acids is 1. The van der Waals surface area contributed by atoms with Crippen LogP contribution in [-0.2, 0) is 4.79 Å². The van der Waals surface area contributed by atoms with Gasteiger partial charge in [-0.05, 0) is 61.0 Å². The van der Waals surface area contributed by atoms with E-state index in [0.717, 1.165) is 5.69 Å². The predicted octanol–water partition coefficient (Wildman–Crippen LogP) is 3.72. The number of allylic oxidation sites excluding steroid dienone is 2. The normalized spacial score (nSPS) is 16.0. The van der Waals surface area contributed by atoms with Crippen LogP contribution >= 0.6 is 0 Å². The average Bonchev–Trinajstić information content (AvgIpc) is 2.63. The van der Waals surface area contributed by atoms with Crippen molar-refractivity contribution in [2.45, 2.75) is 13.3 Å². The molecular weight excluding hydrogens is 328 g/mol. The second-order valence-corrected chi connectivity index (χ2v) is 5.90. The maximum atomic E-state index is 12.6. The summed E-state index contributed by atoms with van der Waals surface area (Å²) in [7, 11) is 0. The Hall–Kier alpha value is -3.54. The third-order valence-corrected chi connectivity index (χ3v) is 4.01. The number of aliphatic imine (C=N–C) groups is 1. The van der Waals surface area contributed by atoms with Crippen LogP contribution in [0.5, 0.6) is 0 Å². The Morgan fingerprint density at radius 3 is 2.15 bits per heavy atom. The van der Waals surface area contributed by atoms with Crippen LogP contribution in [0.2, 0.25) is 0 Å². The van der Waals surface area contributed by atoms with E-state index in [2.05, 4.69) is 10.3 Å². The second-order valence-electron chi connectivity index (χ2n) is 5.90. The van der Waals surface area contributed by atoms with Crippen LogP contribution in [0.1, 0.15) is 13.3 Å². The van der Waals surface area contributed by atoms with E-state index in [4.69, 9.17) is 11.5 Å². The number of aliphatic hydroxyl groups is 1. The van der Waals surface area contributed by atoms with Gasteiger partial charge in [-0.1, -0.05) is 6.92 Å². The second kappa shape index (κ2) is 7.14. The fourth-order valence-corrected chi connectivity index (χ4v) is 2.61. The number of nitrogens with zero attached hydrogens (tertiary/aromatic N) is 1. The predicted molar refractivity (Wildman–Crippen MR) is 105 cm³/mol. The van der Waals surface area contributed by atoms with Crippen molar-refractivity contribution in [3.8, 4) is 0 Å². The summed E-state index contributed by atoms with van der Waals surface area (Å²) in [5.41, 5.74) is 15.0. The van der Waals surface area contributed by atoms with Crippen molar-refractivity contribution in [1.82, 2.24) is 0 Å². The van der Waals surface area contributed by atoms with Crippen LogP contribution in [0.3, 0.4) is 0 Å². The van der Waals surface area contributed by atoms with Crippen molar-refractivity contribution < 1.29 is 9.90 Å². The molecule has 0 bridgehead atoms. The number of anilines is 3. The highest BCUT2D eigenvalue weighted by atomic mass is 16.3. The van der Waals surface area contributed by atoms with Crippen molar-refractivity contribution in [3.05, 3.63) is 71.6 Å². The van der Waals surface area contributed by atoms with E-state index in [-0.39, 0.29) is 11.5 Å². The van der Waals surface area contributed by atoms with Crippen LogP contribution in [0, 0.1) is 0 Å². The molecule has 0 saturated carbocycles. The number of nitrogens with two attached hydrogens (primary N) is 2. The standard InChI is InChI=1S/C20H20N4O2/c1-2-16-19(25)17(23-14-7-3-12(21)4-8-14)11-18(20(16)26)24-15-9-5-13(22)6-10-15/h3-11,23,26H,2,21-22H2,1H3. The minimum atomic E-state index is -0.252. The van der Waals surface area contributed by atoms with E-state index in [1.54, 1.807) is 54.6 Å². The summed E-state index contributed by atoms with van der Waals surface area (Å²) in [6.07, 6.45) is 1.94.